The van der Waals surface area contributed by atoms with Crippen molar-refractivity contribution in [1.29, 1.82) is 0 Å². The topological polar surface area (TPSA) is 52.6 Å². The van der Waals surface area contributed by atoms with Gasteiger partial charge in [-0.25, -0.2) is 22.4 Å². The number of carbonyl (C=O) groups is 2. The largest absolute Gasteiger partial charge is 0.575 e. The SMILES string of the molecule is CC(C)(C)/C=C/C(F)(F)C(C)(C)C.CC(C)(C)/C=C\C(F)(F)C(C)(C)C.CC(C)(C)C(=O)OC(F)(F)F.CC(C)(C)C=C(C(F)(F)F)C(F)(F)F.CC(C)C(F)(F)C(=O)OC(C)(C)C. The van der Waals surface area contributed by atoms with Crippen LogP contribution >= 0.6 is 0 Å². The molecule has 0 atom stereocenters. The Bertz CT molecular complexity index is 1420. The van der Waals surface area contributed by atoms with Crippen molar-refractivity contribution < 1.29 is 84.9 Å². The molecule has 0 amide bonds. The molecule has 0 aromatic rings. The van der Waals surface area contributed by atoms with E-state index in [-0.39, 0.29) is 16.9 Å². The highest BCUT2D eigenvalue weighted by molar-refractivity contribution is 5.78. The van der Waals surface area contributed by atoms with E-state index in [2.05, 4.69) is 9.47 Å². The maximum absolute atomic E-state index is 13.4. The van der Waals surface area contributed by atoms with Gasteiger partial charge in [-0.1, -0.05) is 136 Å². The van der Waals surface area contributed by atoms with Crippen LogP contribution in [-0.4, -0.2) is 54.0 Å². The summed E-state index contributed by atoms with van der Waals surface area (Å²) in [5, 5.41) is 0. The number of rotatable bonds is 4. The first-order valence-electron chi connectivity index (χ1n) is 19.9. The Hall–Kier alpha value is -2.89. The van der Waals surface area contributed by atoms with Gasteiger partial charge in [0.15, 0.2) is 0 Å². The van der Waals surface area contributed by atoms with Crippen molar-refractivity contribution in [3.8, 4) is 0 Å². The van der Waals surface area contributed by atoms with Crippen LogP contribution in [0.5, 0.6) is 0 Å². The summed E-state index contributed by atoms with van der Waals surface area (Å²) in [5.41, 5.74) is -7.98. The molecule has 0 aliphatic carbocycles. The first-order chi connectivity index (χ1) is 27.0. The lowest BCUT2D eigenvalue weighted by atomic mass is 9.85. The van der Waals surface area contributed by atoms with E-state index in [4.69, 9.17) is 0 Å². The van der Waals surface area contributed by atoms with Gasteiger partial charge >= 0.3 is 36.6 Å². The number of ether oxygens (including phenoxy) is 2. The molecule has 0 bridgehead atoms. The molecular formula is C45H75F15O4. The fourth-order valence-corrected chi connectivity index (χ4v) is 2.81. The lowest BCUT2D eigenvalue weighted by Crippen LogP contribution is -2.40. The van der Waals surface area contributed by atoms with Crippen molar-refractivity contribution >= 4 is 11.9 Å². The summed E-state index contributed by atoms with van der Waals surface area (Å²) in [7, 11) is 0. The van der Waals surface area contributed by atoms with E-state index >= 15 is 0 Å². The van der Waals surface area contributed by atoms with E-state index in [1.807, 2.05) is 41.5 Å². The third-order valence-corrected chi connectivity index (χ3v) is 6.99. The van der Waals surface area contributed by atoms with Crippen LogP contribution in [0.4, 0.5) is 65.9 Å². The van der Waals surface area contributed by atoms with Gasteiger partial charge in [0.25, 0.3) is 11.8 Å². The number of esters is 2. The van der Waals surface area contributed by atoms with Crippen molar-refractivity contribution in [2.75, 3.05) is 0 Å². The molecule has 64 heavy (non-hydrogen) atoms. The number of alkyl halides is 15. The molecule has 0 spiro atoms. The van der Waals surface area contributed by atoms with Crippen LogP contribution in [0.15, 0.2) is 36.0 Å². The molecule has 0 heterocycles. The first-order valence-corrected chi connectivity index (χ1v) is 19.9. The minimum Gasteiger partial charge on any atom is -0.456 e. The smallest absolute Gasteiger partial charge is 0.456 e. The van der Waals surface area contributed by atoms with Gasteiger partial charge in [0.1, 0.15) is 11.2 Å². The fourth-order valence-electron chi connectivity index (χ4n) is 2.81. The standard InChI is InChI=1S/2C11H20F2.C9H16F2O2.C8H10F6.C6H9F3O2/c2*1-9(2,3)7-8-11(12,13)10(4,5)6;1-6(2)9(10,11)7(12)13-8(3,4)5;1-6(2,3)4-5(7(9,10)11)8(12,13)14;1-5(2,3)4(10)11-6(7,8)9/h2*7-8H,1-6H3;6H,1-5H3;4H,1-3H3;1-3H3/b8-7+;8-7-;;;. The number of hydrogen-bond donors (Lipinski definition) is 0. The maximum Gasteiger partial charge on any atom is 0.575 e. The second-order valence-corrected chi connectivity index (χ2v) is 22.4. The monoisotopic (exact) mass is 965 g/mol. The molecule has 4 nitrogen and oxygen atoms in total. The average molecular weight is 965 g/mol. The third-order valence-electron chi connectivity index (χ3n) is 6.99. The van der Waals surface area contributed by atoms with Crippen molar-refractivity contribution in [2.24, 2.45) is 38.4 Å². The zero-order chi connectivity index (χ0) is 53.8. The lowest BCUT2D eigenvalue weighted by molar-refractivity contribution is -0.309. The maximum atomic E-state index is 13.4. The van der Waals surface area contributed by atoms with Crippen LogP contribution < -0.4 is 0 Å². The van der Waals surface area contributed by atoms with Crippen LogP contribution in [0, 0.1) is 38.4 Å². The van der Waals surface area contributed by atoms with Gasteiger partial charge in [0.2, 0.25) is 0 Å². The van der Waals surface area contributed by atoms with Gasteiger partial charge in [0.05, 0.1) is 5.41 Å². The molecule has 384 valence electrons. The van der Waals surface area contributed by atoms with Gasteiger partial charge < -0.3 is 9.47 Å². The number of hydrogen-bond acceptors (Lipinski definition) is 4. The number of halogens is 15. The molecule has 0 unspecified atom stereocenters. The lowest BCUT2D eigenvalue weighted by Gasteiger charge is -2.28. The molecular weight excluding hydrogens is 889 g/mol. The van der Waals surface area contributed by atoms with E-state index in [0.717, 1.165) is 12.2 Å². The Labute approximate surface area is 372 Å². The Balaban J connectivity index is -0.000000227. The Morgan fingerprint density at radius 1 is 0.406 bits per heavy atom. The Morgan fingerprint density at radius 2 is 0.688 bits per heavy atom. The molecule has 0 N–H and O–H groups in total. The fraction of sp³-hybridized carbons (Fsp3) is 0.822. The quantitative estimate of drug-likeness (QED) is 0.160. The third kappa shape index (κ3) is 36.3. The highest BCUT2D eigenvalue weighted by atomic mass is 19.4. The van der Waals surface area contributed by atoms with Gasteiger partial charge in [0, 0.05) is 16.7 Å². The predicted molar refractivity (Wildman–Crippen MR) is 223 cm³/mol. The molecule has 0 aromatic carbocycles. The zero-order valence-electron chi connectivity index (χ0n) is 41.8. The van der Waals surface area contributed by atoms with Crippen LogP contribution in [0.1, 0.15) is 159 Å². The molecule has 0 saturated carbocycles. The van der Waals surface area contributed by atoms with E-state index < -0.39 is 87.2 Å². The molecule has 19 heteroatoms. The summed E-state index contributed by atoms with van der Waals surface area (Å²) >= 11 is 0. The minimum atomic E-state index is -5.36. The van der Waals surface area contributed by atoms with E-state index in [1.165, 1.54) is 55.4 Å². The van der Waals surface area contributed by atoms with Crippen molar-refractivity contribution in [3.05, 3.63) is 36.0 Å². The average Bonchev–Trinajstić information content (AvgIpc) is 2.94. The highest BCUT2D eigenvalue weighted by Crippen LogP contribution is 2.41. The van der Waals surface area contributed by atoms with Crippen molar-refractivity contribution in [1.82, 2.24) is 0 Å². The molecule has 0 aromatic heterocycles. The zero-order valence-corrected chi connectivity index (χ0v) is 41.8. The number of allylic oxidation sites excluding steroid dienone is 6. The van der Waals surface area contributed by atoms with Crippen LogP contribution in [0.2, 0.25) is 0 Å². The highest BCUT2D eigenvalue weighted by Gasteiger charge is 2.51. The van der Waals surface area contributed by atoms with Gasteiger partial charge in [-0.15, -0.1) is 13.2 Å². The molecule has 0 aliphatic rings. The van der Waals surface area contributed by atoms with Crippen LogP contribution in [-0.2, 0) is 19.1 Å². The van der Waals surface area contributed by atoms with E-state index in [0.29, 0.717) is 0 Å². The van der Waals surface area contributed by atoms with Crippen LogP contribution in [0.25, 0.3) is 0 Å². The molecule has 0 saturated heterocycles. The summed E-state index contributed by atoms with van der Waals surface area (Å²) in [6, 6.07) is 0. The van der Waals surface area contributed by atoms with E-state index in [9.17, 15) is 75.4 Å². The molecule has 0 rings (SSSR count). The second kappa shape index (κ2) is 23.7. The van der Waals surface area contributed by atoms with Gasteiger partial charge in [-0.2, -0.15) is 35.1 Å². The molecule has 0 aliphatic heterocycles. The van der Waals surface area contributed by atoms with Gasteiger partial charge in [-0.05, 0) is 69.9 Å². The minimum absolute atomic E-state index is 0.186. The summed E-state index contributed by atoms with van der Waals surface area (Å²) in [6.45, 7) is 35.8. The van der Waals surface area contributed by atoms with E-state index in [1.54, 1.807) is 74.5 Å². The molecule has 0 fully saturated rings. The van der Waals surface area contributed by atoms with Crippen LogP contribution in [0.3, 0.4) is 0 Å². The van der Waals surface area contributed by atoms with Crippen molar-refractivity contribution in [2.45, 2.75) is 201 Å². The number of carbonyl (C=O) groups excluding carboxylic acids is 2. The second-order valence-electron chi connectivity index (χ2n) is 22.4. The Kier molecular flexibility index (Phi) is 26.0. The normalized spacial score (nSPS) is 14.2. The summed E-state index contributed by atoms with van der Waals surface area (Å²) < 4.78 is 193. The summed E-state index contributed by atoms with van der Waals surface area (Å²) in [4.78, 5) is 21.5. The van der Waals surface area contributed by atoms with Gasteiger partial charge in [-0.3, -0.25) is 4.79 Å². The van der Waals surface area contributed by atoms with Crippen molar-refractivity contribution in [3.63, 3.8) is 0 Å². The molecule has 0 radical (unpaired) electrons. The Morgan fingerprint density at radius 3 is 0.812 bits per heavy atom. The predicted octanol–water partition coefficient (Wildman–Crippen LogP) is 17.3. The summed E-state index contributed by atoms with van der Waals surface area (Å²) in [5.74, 6) is -12.6. The summed E-state index contributed by atoms with van der Waals surface area (Å²) in [6.07, 6.45) is -10.2. The first kappa shape index (κ1) is 70.1.